The molecule has 0 aromatic rings. The summed E-state index contributed by atoms with van der Waals surface area (Å²) in [5.74, 6) is -4.98. The van der Waals surface area contributed by atoms with Crippen molar-refractivity contribution in [2.75, 3.05) is 21.2 Å². The van der Waals surface area contributed by atoms with Crippen molar-refractivity contribution >= 4 is 24.4 Å². The number of methoxy groups -OCH3 is 1. The quantitative estimate of drug-likeness (QED) is 0.130. The maximum absolute atomic E-state index is 14.1. The highest BCUT2D eigenvalue weighted by Crippen LogP contribution is 2.40. The number of ether oxygens (including phenoxy) is 6. The lowest BCUT2D eigenvalue weighted by Gasteiger charge is -2.49. The summed E-state index contributed by atoms with van der Waals surface area (Å²) in [6, 6.07) is -0.324. The summed E-state index contributed by atoms with van der Waals surface area (Å²) in [6.45, 7) is 16.3. The van der Waals surface area contributed by atoms with Gasteiger partial charge >= 0.3 is 5.97 Å². The van der Waals surface area contributed by atoms with Gasteiger partial charge in [-0.25, -0.2) is 5.26 Å². The van der Waals surface area contributed by atoms with Crippen molar-refractivity contribution in [3.8, 4) is 5.40 Å². The number of nitriles is 1. The highest BCUT2D eigenvalue weighted by molar-refractivity contribution is 7.64. The van der Waals surface area contributed by atoms with Gasteiger partial charge in [0.15, 0.2) is 12.6 Å². The lowest BCUT2D eigenvalue weighted by atomic mass is 9.74. The van der Waals surface area contributed by atoms with Crippen LogP contribution in [0.2, 0.25) is 0 Å². The maximum atomic E-state index is 14.1. The Kier molecular flexibility index (Phi) is 21.4. The Labute approximate surface area is 337 Å². The Morgan fingerprint density at radius 3 is 1.98 bits per heavy atom. The number of cyclic esters (lactones) is 1. The standard InChI is InChI=1S/C37H67NO13.CHNS.2H2O/c1-14-25-37(10,45)30(41)20(4)27(39)18(2)16-35(8,44)32(51-34-28(40)24(38(11)12)15-19(3)47-34)21(5)29(22(6)33(43)49-25)50-26-17-36(9,46-13)31(42)23(7)48-26;2-1-3;;/h18-26,28-32,34,40-42,44-45H,14-17H2,1-13H3;3H;2*1H2/p-1/t18-,19+,20?,21?,22-,23-,24-,25-,26-,28+,29+,30-,31-,32+,34-,35+,36+,37-;;;/m0.../s1. The molecular formula is C38H71N2O15S-. The van der Waals surface area contributed by atoms with Gasteiger partial charge in [-0.05, 0) is 74.9 Å². The molecule has 17 nitrogen and oxygen atoms in total. The van der Waals surface area contributed by atoms with Crippen molar-refractivity contribution < 1.29 is 74.5 Å². The number of thiocyanates is 1. The number of hydrogen-bond acceptors (Lipinski definition) is 16. The fourth-order valence-corrected chi connectivity index (χ4v) is 8.41. The van der Waals surface area contributed by atoms with E-state index in [1.807, 2.05) is 25.9 Å². The number of carbonyl (C=O) groups excluding carboxylic acids is 2. The van der Waals surface area contributed by atoms with E-state index in [9.17, 15) is 35.1 Å². The van der Waals surface area contributed by atoms with E-state index in [-0.39, 0.29) is 42.4 Å². The zero-order chi connectivity index (χ0) is 41.7. The molecular weight excluding hydrogens is 756 g/mol. The molecule has 9 N–H and O–H groups in total. The van der Waals surface area contributed by atoms with Crippen molar-refractivity contribution in [2.45, 2.75) is 179 Å². The zero-order valence-corrected chi connectivity index (χ0v) is 36.1. The molecule has 0 radical (unpaired) electrons. The Morgan fingerprint density at radius 2 is 1.48 bits per heavy atom. The zero-order valence-electron chi connectivity index (χ0n) is 35.3. The number of aliphatic hydroxyl groups is 5. The van der Waals surface area contributed by atoms with Gasteiger partial charge in [0, 0.05) is 37.3 Å². The molecule has 330 valence electrons. The average molecular weight is 828 g/mol. The molecule has 0 aliphatic carbocycles. The Balaban J connectivity index is 0.00000585. The van der Waals surface area contributed by atoms with Crippen LogP contribution in [0, 0.1) is 34.3 Å². The highest BCUT2D eigenvalue weighted by atomic mass is 32.1. The van der Waals surface area contributed by atoms with Crippen molar-refractivity contribution in [1.82, 2.24) is 4.90 Å². The van der Waals surface area contributed by atoms with Crippen LogP contribution in [-0.4, -0.2) is 159 Å². The van der Waals surface area contributed by atoms with Crippen LogP contribution >= 0.6 is 0 Å². The van der Waals surface area contributed by atoms with E-state index in [1.54, 1.807) is 41.5 Å². The van der Waals surface area contributed by atoms with E-state index in [2.05, 4.69) is 12.6 Å². The Morgan fingerprint density at radius 1 is 0.929 bits per heavy atom. The molecule has 3 aliphatic rings. The molecule has 0 amide bonds. The van der Waals surface area contributed by atoms with Crippen molar-refractivity contribution in [2.24, 2.45) is 23.7 Å². The number of aliphatic hydroxyl groups excluding tert-OH is 3. The fraction of sp³-hybridized carbons (Fsp3) is 0.921. The SMILES string of the molecule is CC[C@@H]1OC(=O)[C@@H](C)[C@H](O[C@H]2C[C@@](C)(OC)[C@@H](O)[C@H](C)O2)C(C)[C@@H](O[C@@H]2O[C@H](C)C[C@H](N(C)C)[C@H]2O)[C@](C)(O)C[C@H](C)C(=O)C(C)[C@H](O)[C@@]1(C)O.N#C[S-].O.O. The van der Waals surface area contributed by atoms with Crippen LogP contribution in [0.3, 0.4) is 0 Å². The first kappa shape index (κ1) is 54.3. The Hall–Kier alpha value is -1.67. The molecule has 3 fully saturated rings. The minimum absolute atomic E-state index is 0. The number of esters is 1. The summed E-state index contributed by atoms with van der Waals surface area (Å²) in [5.41, 5.74) is -4.84. The Bertz CT molecular complexity index is 1270. The lowest BCUT2D eigenvalue weighted by molar-refractivity contribution is -0.318. The van der Waals surface area contributed by atoms with Gasteiger partial charge in [0.25, 0.3) is 0 Å². The summed E-state index contributed by atoms with van der Waals surface area (Å²) in [4.78, 5) is 29.8. The minimum atomic E-state index is -1.99. The molecule has 18 atom stereocenters. The van der Waals surface area contributed by atoms with E-state index in [1.165, 1.54) is 33.3 Å². The third kappa shape index (κ3) is 12.4. The van der Waals surface area contributed by atoms with E-state index < -0.39 is 108 Å². The molecule has 2 unspecified atom stereocenters. The van der Waals surface area contributed by atoms with Gasteiger partial charge < -0.3 is 82.4 Å². The van der Waals surface area contributed by atoms with Gasteiger partial charge in [-0.3, -0.25) is 9.59 Å². The van der Waals surface area contributed by atoms with Crippen LogP contribution in [0.25, 0.3) is 0 Å². The lowest BCUT2D eigenvalue weighted by Crippen LogP contribution is -2.61. The van der Waals surface area contributed by atoms with Gasteiger partial charge in [-0.15, -0.1) is 0 Å². The van der Waals surface area contributed by atoms with Gasteiger partial charge in [-0.1, -0.05) is 33.1 Å². The average Bonchev–Trinajstić information content (AvgIpc) is 3.09. The van der Waals surface area contributed by atoms with Crippen molar-refractivity contribution in [1.29, 1.82) is 5.26 Å². The summed E-state index contributed by atoms with van der Waals surface area (Å²) in [7, 11) is 5.18. The highest BCUT2D eigenvalue weighted by Gasteiger charge is 2.53. The summed E-state index contributed by atoms with van der Waals surface area (Å²) >= 11 is 3.70. The number of Topliss-reactive ketones (excluding diaryl/α,β-unsaturated/α-hetero) is 1. The van der Waals surface area contributed by atoms with E-state index in [4.69, 9.17) is 33.7 Å². The van der Waals surface area contributed by atoms with Gasteiger partial charge in [0.2, 0.25) is 0 Å². The van der Waals surface area contributed by atoms with Crippen LogP contribution < -0.4 is 0 Å². The topological polar surface area (TPSA) is 281 Å². The molecule has 3 rings (SSSR count). The monoisotopic (exact) mass is 827 g/mol. The molecule has 0 bridgehead atoms. The molecule has 0 aromatic heterocycles. The van der Waals surface area contributed by atoms with Crippen LogP contribution in [0.1, 0.15) is 94.9 Å². The number of rotatable bonds is 7. The summed E-state index contributed by atoms with van der Waals surface area (Å²) < 4.78 is 37.1. The van der Waals surface area contributed by atoms with E-state index in [0.717, 1.165) is 0 Å². The molecule has 18 heteroatoms. The smallest absolute Gasteiger partial charge is 0.311 e. The van der Waals surface area contributed by atoms with Crippen molar-refractivity contribution in [3.05, 3.63) is 0 Å². The molecule has 0 aromatic carbocycles. The first-order valence-electron chi connectivity index (χ1n) is 18.9. The number of likely N-dealkylation sites (N-methyl/N-ethyl adjacent to an activating group) is 1. The molecule has 3 saturated heterocycles. The van der Waals surface area contributed by atoms with Crippen LogP contribution in [0.5, 0.6) is 0 Å². The first-order valence-corrected chi connectivity index (χ1v) is 19.3. The molecule has 56 heavy (non-hydrogen) atoms. The maximum Gasteiger partial charge on any atom is 0.311 e. The number of carbonyl (C=O) groups is 2. The van der Waals surface area contributed by atoms with Crippen LogP contribution in [0.4, 0.5) is 0 Å². The fourth-order valence-electron chi connectivity index (χ4n) is 8.41. The van der Waals surface area contributed by atoms with Crippen molar-refractivity contribution in [3.63, 3.8) is 0 Å². The van der Waals surface area contributed by atoms with Crippen LogP contribution in [0.15, 0.2) is 0 Å². The molecule has 3 aliphatic heterocycles. The van der Waals surface area contributed by atoms with E-state index >= 15 is 0 Å². The summed E-state index contributed by atoms with van der Waals surface area (Å²) in [6.07, 6.45) is -9.71. The largest absolute Gasteiger partial charge is 0.696 e. The second-order valence-corrected chi connectivity index (χ2v) is 16.7. The predicted octanol–water partition coefficient (Wildman–Crippen LogP) is 0.151. The van der Waals surface area contributed by atoms with Gasteiger partial charge in [0.05, 0.1) is 47.6 Å². The molecule has 0 spiro atoms. The molecule has 0 saturated carbocycles. The summed E-state index contributed by atoms with van der Waals surface area (Å²) in [5, 5.41) is 66.1. The van der Waals surface area contributed by atoms with Gasteiger partial charge in [0.1, 0.15) is 29.7 Å². The molecule has 3 heterocycles. The predicted molar refractivity (Wildman–Crippen MR) is 206 cm³/mol. The van der Waals surface area contributed by atoms with Gasteiger partial charge in [-0.2, -0.15) is 0 Å². The first-order chi connectivity index (χ1) is 24.8. The second-order valence-electron chi connectivity index (χ2n) is 16.6. The number of ketones is 1. The third-order valence-electron chi connectivity index (χ3n) is 11.8. The third-order valence-corrected chi connectivity index (χ3v) is 11.8. The number of hydrogen-bond donors (Lipinski definition) is 5. The minimum Gasteiger partial charge on any atom is -0.696 e. The second kappa shape index (κ2) is 22.1. The normalized spacial score (nSPS) is 45.4. The van der Waals surface area contributed by atoms with Crippen LogP contribution in [-0.2, 0) is 50.6 Å². The number of nitrogens with zero attached hydrogens (tertiary/aromatic N) is 2. The van der Waals surface area contributed by atoms with E-state index in [0.29, 0.717) is 6.42 Å².